The molecule has 110 valence electrons. The number of primary amides is 1. The lowest BCUT2D eigenvalue weighted by Crippen LogP contribution is -2.49. The van der Waals surface area contributed by atoms with Crippen LogP contribution in [-0.2, 0) is 4.79 Å². The van der Waals surface area contributed by atoms with Gasteiger partial charge in [-0.2, -0.15) is 0 Å². The maximum atomic E-state index is 11.2. The Bertz CT molecular complexity index is 311. The Kier molecular flexibility index (Phi) is 4.51. The highest BCUT2D eigenvalue weighted by molar-refractivity contribution is 5.83. The molecular formula is C15H29N3O. The molecule has 0 aromatic carbocycles. The third kappa shape index (κ3) is 3.69. The summed E-state index contributed by atoms with van der Waals surface area (Å²) in [5.41, 5.74) is 11.0. The SMILES string of the molecule is CC(N)(CCCN1CCC2(CCCC2)CC1)C(N)=O. The summed E-state index contributed by atoms with van der Waals surface area (Å²) in [4.78, 5) is 13.7. The third-order valence-corrected chi connectivity index (χ3v) is 5.31. The van der Waals surface area contributed by atoms with Crippen LogP contribution in [0.15, 0.2) is 0 Å². The maximum Gasteiger partial charge on any atom is 0.237 e. The van der Waals surface area contributed by atoms with Gasteiger partial charge in [-0.15, -0.1) is 0 Å². The molecule has 0 radical (unpaired) electrons. The summed E-state index contributed by atoms with van der Waals surface area (Å²) in [5.74, 6) is -0.393. The van der Waals surface area contributed by atoms with Crippen molar-refractivity contribution in [2.24, 2.45) is 16.9 Å². The molecule has 1 atom stereocenters. The molecule has 0 aromatic heterocycles. The van der Waals surface area contributed by atoms with Crippen molar-refractivity contribution in [1.29, 1.82) is 0 Å². The Balaban J connectivity index is 1.67. The van der Waals surface area contributed by atoms with Crippen LogP contribution in [0.25, 0.3) is 0 Å². The summed E-state index contributed by atoms with van der Waals surface area (Å²) < 4.78 is 0. The van der Waals surface area contributed by atoms with Crippen LogP contribution >= 0.6 is 0 Å². The van der Waals surface area contributed by atoms with E-state index in [2.05, 4.69) is 4.90 Å². The molecule has 0 aromatic rings. The minimum absolute atomic E-state index is 0.393. The average Bonchev–Trinajstić information content (AvgIpc) is 2.80. The van der Waals surface area contributed by atoms with Gasteiger partial charge in [-0.3, -0.25) is 4.79 Å². The minimum Gasteiger partial charge on any atom is -0.368 e. The number of hydrogen-bond donors (Lipinski definition) is 2. The summed E-state index contributed by atoms with van der Waals surface area (Å²) in [6, 6.07) is 0. The first kappa shape index (κ1) is 14.8. The lowest BCUT2D eigenvalue weighted by atomic mass is 9.77. The quantitative estimate of drug-likeness (QED) is 0.795. The third-order valence-electron chi connectivity index (χ3n) is 5.31. The fraction of sp³-hybridized carbons (Fsp3) is 0.933. The van der Waals surface area contributed by atoms with E-state index < -0.39 is 11.4 Å². The number of hydrogen-bond acceptors (Lipinski definition) is 3. The van der Waals surface area contributed by atoms with E-state index in [0.29, 0.717) is 11.8 Å². The van der Waals surface area contributed by atoms with Crippen molar-refractivity contribution in [3.05, 3.63) is 0 Å². The van der Waals surface area contributed by atoms with Crippen LogP contribution in [0.1, 0.15) is 58.3 Å². The van der Waals surface area contributed by atoms with Crippen LogP contribution in [0, 0.1) is 5.41 Å². The molecule has 2 rings (SSSR count). The first-order chi connectivity index (χ1) is 8.94. The zero-order valence-electron chi connectivity index (χ0n) is 12.3. The highest BCUT2D eigenvalue weighted by Gasteiger charge is 2.36. The van der Waals surface area contributed by atoms with E-state index in [0.717, 1.165) is 13.0 Å². The topological polar surface area (TPSA) is 72.3 Å². The van der Waals surface area contributed by atoms with Crippen molar-refractivity contribution in [1.82, 2.24) is 4.90 Å². The van der Waals surface area contributed by atoms with E-state index in [-0.39, 0.29) is 0 Å². The molecule has 4 heteroatoms. The van der Waals surface area contributed by atoms with E-state index in [9.17, 15) is 4.79 Å². The molecule has 4 nitrogen and oxygen atoms in total. The van der Waals surface area contributed by atoms with Crippen molar-refractivity contribution in [3.8, 4) is 0 Å². The van der Waals surface area contributed by atoms with E-state index in [1.165, 1.54) is 51.6 Å². The van der Waals surface area contributed by atoms with Crippen LogP contribution < -0.4 is 11.5 Å². The standard InChI is InChI=1S/C15H29N3O/c1-14(17,13(16)19)5-4-10-18-11-8-15(9-12-18)6-2-3-7-15/h2-12,17H2,1H3,(H2,16,19). The molecule has 1 saturated heterocycles. The van der Waals surface area contributed by atoms with Gasteiger partial charge in [-0.1, -0.05) is 12.8 Å². The van der Waals surface area contributed by atoms with Gasteiger partial charge in [0.1, 0.15) is 0 Å². The Hall–Kier alpha value is -0.610. The molecule has 2 fully saturated rings. The van der Waals surface area contributed by atoms with Crippen molar-refractivity contribution in [3.63, 3.8) is 0 Å². The van der Waals surface area contributed by atoms with Crippen LogP contribution in [0.4, 0.5) is 0 Å². The van der Waals surface area contributed by atoms with Gasteiger partial charge in [-0.25, -0.2) is 0 Å². The molecule has 1 aliphatic heterocycles. The van der Waals surface area contributed by atoms with E-state index in [1.807, 2.05) is 0 Å². The molecular weight excluding hydrogens is 238 g/mol. The van der Waals surface area contributed by atoms with Crippen molar-refractivity contribution in [2.45, 2.75) is 63.8 Å². The summed E-state index contributed by atoms with van der Waals surface area (Å²) >= 11 is 0. The number of nitrogens with two attached hydrogens (primary N) is 2. The van der Waals surface area contributed by atoms with Crippen molar-refractivity contribution < 1.29 is 4.79 Å². The van der Waals surface area contributed by atoms with Crippen molar-refractivity contribution >= 4 is 5.91 Å². The van der Waals surface area contributed by atoms with E-state index in [4.69, 9.17) is 11.5 Å². The fourth-order valence-electron chi connectivity index (χ4n) is 3.67. The Labute approximate surface area is 116 Å². The highest BCUT2D eigenvalue weighted by atomic mass is 16.1. The van der Waals surface area contributed by atoms with Gasteiger partial charge in [0.25, 0.3) is 0 Å². The van der Waals surface area contributed by atoms with Crippen LogP contribution in [0.3, 0.4) is 0 Å². The van der Waals surface area contributed by atoms with Crippen molar-refractivity contribution in [2.75, 3.05) is 19.6 Å². The molecule has 1 saturated carbocycles. The summed E-state index contributed by atoms with van der Waals surface area (Å²) in [5, 5.41) is 0. The number of amides is 1. The largest absolute Gasteiger partial charge is 0.368 e. The second-order valence-electron chi connectivity index (χ2n) is 6.93. The second kappa shape index (κ2) is 5.80. The Morgan fingerprint density at radius 2 is 1.79 bits per heavy atom. The highest BCUT2D eigenvalue weighted by Crippen LogP contribution is 2.46. The number of rotatable bonds is 5. The predicted octanol–water partition coefficient (Wildman–Crippen LogP) is 1.63. The lowest BCUT2D eigenvalue weighted by Gasteiger charge is -2.39. The summed E-state index contributed by atoms with van der Waals surface area (Å²) in [6.45, 7) is 5.23. The number of nitrogens with zero attached hydrogens (tertiary/aromatic N) is 1. The van der Waals surface area contributed by atoms with Gasteiger partial charge in [0.15, 0.2) is 0 Å². The van der Waals surface area contributed by atoms with Gasteiger partial charge in [0.2, 0.25) is 5.91 Å². The molecule has 4 N–H and O–H groups in total. The van der Waals surface area contributed by atoms with Gasteiger partial charge >= 0.3 is 0 Å². The van der Waals surface area contributed by atoms with Gasteiger partial charge < -0.3 is 16.4 Å². The van der Waals surface area contributed by atoms with Gasteiger partial charge in [0, 0.05) is 0 Å². The lowest BCUT2D eigenvalue weighted by molar-refractivity contribution is -0.122. The minimum atomic E-state index is -0.845. The maximum absolute atomic E-state index is 11.2. The molecule has 1 aliphatic carbocycles. The molecule has 19 heavy (non-hydrogen) atoms. The molecule has 1 amide bonds. The second-order valence-corrected chi connectivity index (χ2v) is 6.93. The zero-order valence-corrected chi connectivity index (χ0v) is 12.3. The smallest absolute Gasteiger partial charge is 0.237 e. The van der Waals surface area contributed by atoms with E-state index >= 15 is 0 Å². The number of carbonyl (C=O) groups excluding carboxylic acids is 1. The van der Waals surface area contributed by atoms with Crippen LogP contribution in [0.2, 0.25) is 0 Å². The average molecular weight is 267 g/mol. The molecule has 1 spiro atoms. The van der Waals surface area contributed by atoms with Gasteiger partial charge in [0.05, 0.1) is 5.54 Å². The molecule has 1 unspecified atom stereocenters. The fourth-order valence-corrected chi connectivity index (χ4v) is 3.67. The number of carbonyl (C=O) groups is 1. The Morgan fingerprint density at radius 1 is 1.21 bits per heavy atom. The normalized spacial score (nSPS) is 26.4. The predicted molar refractivity (Wildman–Crippen MR) is 77.6 cm³/mol. The first-order valence-electron chi connectivity index (χ1n) is 7.75. The molecule has 2 aliphatic rings. The monoisotopic (exact) mass is 267 g/mol. The number of likely N-dealkylation sites (tertiary alicyclic amines) is 1. The summed E-state index contributed by atoms with van der Waals surface area (Å²) in [7, 11) is 0. The molecule has 1 heterocycles. The summed E-state index contributed by atoms with van der Waals surface area (Å²) in [6.07, 6.45) is 10.1. The first-order valence-corrected chi connectivity index (χ1v) is 7.75. The van der Waals surface area contributed by atoms with E-state index in [1.54, 1.807) is 6.92 Å². The molecule has 0 bridgehead atoms. The van der Waals surface area contributed by atoms with Crippen LogP contribution in [0.5, 0.6) is 0 Å². The number of piperidine rings is 1. The van der Waals surface area contributed by atoms with Crippen LogP contribution in [-0.4, -0.2) is 36.0 Å². The Morgan fingerprint density at radius 3 is 2.32 bits per heavy atom. The zero-order chi connectivity index (χ0) is 13.9. The van der Waals surface area contributed by atoms with Gasteiger partial charge in [-0.05, 0) is 70.5 Å².